The maximum atomic E-state index is 12.1. The van der Waals surface area contributed by atoms with Crippen molar-refractivity contribution in [1.29, 1.82) is 0 Å². The molecule has 1 saturated heterocycles. The second-order valence-electron chi connectivity index (χ2n) is 4.57. The fraction of sp³-hybridized carbons (Fsp3) is 0.538. The molecule has 0 spiro atoms. The van der Waals surface area contributed by atoms with Crippen LogP contribution in [0.2, 0.25) is 0 Å². The van der Waals surface area contributed by atoms with E-state index in [0.717, 1.165) is 29.3 Å². The Bertz CT molecular complexity index is 498. The molecule has 0 aromatic heterocycles. The van der Waals surface area contributed by atoms with Crippen molar-refractivity contribution in [1.82, 2.24) is 4.31 Å². The van der Waals surface area contributed by atoms with E-state index in [1.807, 2.05) is 24.3 Å². The van der Waals surface area contributed by atoms with E-state index in [1.54, 1.807) is 11.2 Å². The molecule has 1 aliphatic heterocycles. The third kappa shape index (κ3) is 2.95. The number of nitrogens with zero attached hydrogens (tertiary/aromatic N) is 1. The Labute approximate surface area is 117 Å². The van der Waals surface area contributed by atoms with E-state index in [-0.39, 0.29) is 11.8 Å². The number of sulfonamides is 1. The second-order valence-corrected chi connectivity index (χ2v) is 7.70. The summed E-state index contributed by atoms with van der Waals surface area (Å²) in [5, 5.41) is 0. The molecule has 0 bridgehead atoms. The molecular formula is C13H18BrNO2S. The van der Waals surface area contributed by atoms with Crippen LogP contribution < -0.4 is 0 Å². The van der Waals surface area contributed by atoms with Crippen molar-refractivity contribution in [3.05, 3.63) is 34.3 Å². The molecule has 1 aromatic rings. The molecule has 0 amide bonds. The number of halogens is 1. The average molecular weight is 332 g/mol. The Hall–Kier alpha value is -0.390. The smallest absolute Gasteiger partial charge is 0.212 e. The predicted molar refractivity (Wildman–Crippen MR) is 76.9 cm³/mol. The van der Waals surface area contributed by atoms with Crippen molar-refractivity contribution in [3.63, 3.8) is 0 Å². The topological polar surface area (TPSA) is 37.4 Å². The van der Waals surface area contributed by atoms with Crippen LogP contribution in [-0.2, 0) is 10.0 Å². The first-order chi connectivity index (χ1) is 8.54. The summed E-state index contributed by atoms with van der Waals surface area (Å²) < 4.78 is 26.9. The zero-order chi connectivity index (χ0) is 13.2. The second kappa shape index (κ2) is 5.72. The fourth-order valence-corrected chi connectivity index (χ4v) is 4.04. The molecule has 1 fully saturated rings. The first-order valence-electron chi connectivity index (χ1n) is 6.29. The summed E-state index contributed by atoms with van der Waals surface area (Å²) in [6, 6.07) is 7.98. The standard InChI is InChI=1S/C13H18BrNO2S/c1-2-18(16,17)15-10-4-3-5-13(15)11-6-8-12(14)9-7-11/h6-9,13H,2-5,10H2,1H3. The molecule has 2 rings (SSSR count). The molecule has 1 aliphatic rings. The molecule has 0 aliphatic carbocycles. The number of hydrogen-bond acceptors (Lipinski definition) is 2. The van der Waals surface area contributed by atoms with Crippen molar-refractivity contribution in [2.24, 2.45) is 0 Å². The lowest BCUT2D eigenvalue weighted by Gasteiger charge is -2.34. The van der Waals surface area contributed by atoms with Crippen LogP contribution in [0.1, 0.15) is 37.8 Å². The normalized spacial score (nSPS) is 22.0. The number of hydrogen-bond donors (Lipinski definition) is 0. The van der Waals surface area contributed by atoms with Crippen LogP contribution in [0.25, 0.3) is 0 Å². The third-order valence-corrected chi connectivity index (χ3v) is 5.84. The molecule has 0 radical (unpaired) electrons. The van der Waals surface area contributed by atoms with Crippen molar-refractivity contribution in [2.75, 3.05) is 12.3 Å². The van der Waals surface area contributed by atoms with Gasteiger partial charge < -0.3 is 0 Å². The van der Waals surface area contributed by atoms with Crippen LogP contribution in [0.4, 0.5) is 0 Å². The molecule has 18 heavy (non-hydrogen) atoms. The van der Waals surface area contributed by atoms with Gasteiger partial charge in [-0.05, 0) is 37.5 Å². The Morgan fingerprint density at radius 3 is 2.56 bits per heavy atom. The molecule has 0 N–H and O–H groups in total. The summed E-state index contributed by atoms with van der Waals surface area (Å²) in [7, 11) is -3.11. The summed E-state index contributed by atoms with van der Waals surface area (Å²) in [5.74, 6) is 0.181. The van der Waals surface area contributed by atoms with Crippen molar-refractivity contribution < 1.29 is 8.42 Å². The Morgan fingerprint density at radius 2 is 1.94 bits per heavy atom. The molecule has 1 aromatic carbocycles. The zero-order valence-corrected chi connectivity index (χ0v) is 12.9. The zero-order valence-electron chi connectivity index (χ0n) is 10.5. The van der Waals surface area contributed by atoms with Gasteiger partial charge in [0.1, 0.15) is 0 Å². The molecule has 100 valence electrons. The van der Waals surface area contributed by atoms with Gasteiger partial charge in [0.05, 0.1) is 5.75 Å². The molecular weight excluding hydrogens is 314 g/mol. The lowest BCUT2D eigenvalue weighted by molar-refractivity contribution is 0.256. The minimum atomic E-state index is -3.11. The van der Waals surface area contributed by atoms with Crippen LogP contribution >= 0.6 is 15.9 Å². The Kier molecular flexibility index (Phi) is 4.45. The predicted octanol–water partition coefficient (Wildman–Crippen LogP) is 3.33. The van der Waals surface area contributed by atoms with Crippen molar-refractivity contribution in [2.45, 2.75) is 32.2 Å². The minimum absolute atomic E-state index is 0.0109. The maximum absolute atomic E-state index is 12.1. The van der Waals surface area contributed by atoms with Gasteiger partial charge in [-0.2, -0.15) is 4.31 Å². The van der Waals surface area contributed by atoms with E-state index in [0.29, 0.717) is 6.54 Å². The van der Waals surface area contributed by atoms with Crippen molar-refractivity contribution >= 4 is 26.0 Å². The van der Waals surface area contributed by atoms with E-state index < -0.39 is 10.0 Å². The molecule has 3 nitrogen and oxygen atoms in total. The molecule has 1 atom stereocenters. The Balaban J connectivity index is 2.31. The first kappa shape index (κ1) is 14.0. The van der Waals surface area contributed by atoms with Gasteiger partial charge in [0, 0.05) is 17.1 Å². The largest absolute Gasteiger partial charge is 0.214 e. The lowest BCUT2D eigenvalue weighted by atomic mass is 9.98. The fourth-order valence-electron chi connectivity index (χ4n) is 2.42. The quantitative estimate of drug-likeness (QED) is 0.851. The van der Waals surface area contributed by atoms with Gasteiger partial charge in [0.2, 0.25) is 10.0 Å². The SMILES string of the molecule is CCS(=O)(=O)N1CCCCC1c1ccc(Br)cc1. The van der Waals surface area contributed by atoms with E-state index in [1.165, 1.54) is 0 Å². The summed E-state index contributed by atoms with van der Waals surface area (Å²) in [5.41, 5.74) is 1.09. The summed E-state index contributed by atoms with van der Waals surface area (Å²) >= 11 is 3.41. The van der Waals surface area contributed by atoms with Crippen molar-refractivity contribution in [3.8, 4) is 0 Å². The molecule has 5 heteroatoms. The minimum Gasteiger partial charge on any atom is -0.212 e. The van der Waals surface area contributed by atoms with Gasteiger partial charge in [-0.25, -0.2) is 8.42 Å². The number of piperidine rings is 1. The summed E-state index contributed by atoms with van der Waals surface area (Å²) in [6.45, 7) is 2.36. The van der Waals surface area contributed by atoms with Gasteiger partial charge in [-0.15, -0.1) is 0 Å². The highest BCUT2D eigenvalue weighted by molar-refractivity contribution is 9.10. The number of rotatable bonds is 3. The molecule has 1 unspecified atom stereocenters. The maximum Gasteiger partial charge on any atom is 0.214 e. The van der Waals surface area contributed by atoms with Crippen LogP contribution in [0.5, 0.6) is 0 Å². The van der Waals surface area contributed by atoms with Crippen LogP contribution in [0.15, 0.2) is 28.7 Å². The highest BCUT2D eigenvalue weighted by atomic mass is 79.9. The molecule has 1 heterocycles. The average Bonchev–Trinajstić information content (AvgIpc) is 2.40. The van der Waals surface area contributed by atoms with Gasteiger partial charge in [0.25, 0.3) is 0 Å². The van der Waals surface area contributed by atoms with Gasteiger partial charge in [0.15, 0.2) is 0 Å². The van der Waals surface area contributed by atoms with Gasteiger partial charge in [-0.1, -0.05) is 34.5 Å². The van der Waals surface area contributed by atoms with Crippen LogP contribution in [0, 0.1) is 0 Å². The highest BCUT2D eigenvalue weighted by Crippen LogP contribution is 2.33. The number of benzene rings is 1. The van der Waals surface area contributed by atoms with E-state index in [9.17, 15) is 8.42 Å². The molecule has 0 saturated carbocycles. The lowest BCUT2D eigenvalue weighted by Crippen LogP contribution is -2.39. The monoisotopic (exact) mass is 331 g/mol. The first-order valence-corrected chi connectivity index (χ1v) is 8.70. The highest BCUT2D eigenvalue weighted by Gasteiger charge is 2.31. The van der Waals surface area contributed by atoms with Crippen LogP contribution in [-0.4, -0.2) is 25.0 Å². The van der Waals surface area contributed by atoms with E-state index in [2.05, 4.69) is 15.9 Å². The van der Waals surface area contributed by atoms with E-state index >= 15 is 0 Å². The summed E-state index contributed by atoms with van der Waals surface area (Å²) in [6.07, 6.45) is 2.98. The summed E-state index contributed by atoms with van der Waals surface area (Å²) in [4.78, 5) is 0. The Morgan fingerprint density at radius 1 is 1.28 bits per heavy atom. The van der Waals surface area contributed by atoms with Gasteiger partial charge in [-0.3, -0.25) is 0 Å². The van der Waals surface area contributed by atoms with Crippen LogP contribution in [0.3, 0.4) is 0 Å². The third-order valence-electron chi connectivity index (χ3n) is 3.43. The van der Waals surface area contributed by atoms with E-state index in [4.69, 9.17) is 0 Å². The van der Waals surface area contributed by atoms with Gasteiger partial charge >= 0.3 is 0 Å².